The van der Waals surface area contributed by atoms with Gasteiger partial charge in [0, 0.05) is 25.4 Å². The number of carbonyl (C=O) groups excluding carboxylic acids is 1. The van der Waals surface area contributed by atoms with Gasteiger partial charge in [-0.15, -0.1) is 0 Å². The molecule has 0 aromatic heterocycles. The molecule has 1 aromatic rings. The quantitative estimate of drug-likeness (QED) is 0.749. The highest BCUT2D eigenvalue weighted by Gasteiger charge is 2.33. The van der Waals surface area contributed by atoms with E-state index < -0.39 is 10.0 Å². The summed E-state index contributed by atoms with van der Waals surface area (Å²) in [5, 5.41) is 0. The smallest absolute Gasteiger partial charge is 0.214 e. The second-order valence-electron chi connectivity index (χ2n) is 8.34. The summed E-state index contributed by atoms with van der Waals surface area (Å²) in [7, 11) is -3.17. The van der Waals surface area contributed by atoms with Gasteiger partial charge < -0.3 is 0 Å². The van der Waals surface area contributed by atoms with E-state index >= 15 is 0 Å². The molecule has 0 saturated carbocycles. The van der Waals surface area contributed by atoms with Gasteiger partial charge in [-0.05, 0) is 50.7 Å². The number of ketones is 1. The second-order valence-corrected chi connectivity index (χ2v) is 10.4. The first-order chi connectivity index (χ1) is 12.7. The van der Waals surface area contributed by atoms with Crippen LogP contribution < -0.4 is 0 Å². The summed E-state index contributed by atoms with van der Waals surface area (Å²) < 4.78 is 26.0. The van der Waals surface area contributed by atoms with Crippen molar-refractivity contribution in [2.75, 3.05) is 18.8 Å². The summed E-state index contributed by atoms with van der Waals surface area (Å²) in [6.07, 6.45) is 3.07. The van der Waals surface area contributed by atoms with Crippen LogP contribution in [-0.2, 0) is 21.2 Å². The minimum Gasteiger partial charge on any atom is -0.299 e. The van der Waals surface area contributed by atoms with Gasteiger partial charge in [0.1, 0.15) is 5.78 Å². The average Bonchev–Trinajstić information content (AvgIpc) is 2.61. The summed E-state index contributed by atoms with van der Waals surface area (Å²) in [6, 6.07) is 8.20. The van der Waals surface area contributed by atoms with Gasteiger partial charge in [0.2, 0.25) is 10.0 Å². The SMILES string of the molecule is CCCS(=O)(=O)N1CCC(C(=O)CC2=NC(C)(C)Cc3ccccc32)CC1. The molecule has 148 valence electrons. The Morgan fingerprint density at radius 2 is 1.89 bits per heavy atom. The molecule has 0 spiro atoms. The van der Waals surface area contributed by atoms with Crippen molar-refractivity contribution in [1.82, 2.24) is 4.31 Å². The second kappa shape index (κ2) is 7.84. The van der Waals surface area contributed by atoms with Crippen molar-refractivity contribution in [2.24, 2.45) is 10.9 Å². The normalized spacial score (nSPS) is 20.8. The van der Waals surface area contributed by atoms with Crippen LogP contribution in [0.3, 0.4) is 0 Å². The monoisotopic (exact) mass is 390 g/mol. The number of fused-ring (bicyclic) bond motifs is 1. The highest BCUT2D eigenvalue weighted by Crippen LogP contribution is 2.29. The van der Waals surface area contributed by atoms with Gasteiger partial charge in [-0.2, -0.15) is 0 Å². The van der Waals surface area contributed by atoms with Crippen LogP contribution in [0.2, 0.25) is 0 Å². The van der Waals surface area contributed by atoms with Gasteiger partial charge in [-0.3, -0.25) is 9.79 Å². The Balaban J connectivity index is 1.67. The van der Waals surface area contributed by atoms with Gasteiger partial charge in [0.25, 0.3) is 0 Å². The van der Waals surface area contributed by atoms with Crippen molar-refractivity contribution < 1.29 is 13.2 Å². The van der Waals surface area contributed by atoms with E-state index in [2.05, 4.69) is 26.0 Å². The van der Waals surface area contributed by atoms with Crippen molar-refractivity contribution in [1.29, 1.82) is 0 Å². The summed E-state index contributed by atoms with van der Waals surface area (Å²) in [6.45, 7) is 6.98. The zero-order chi connectivity index (χ0) is 19.7. The molecule has 0 aliphatic carbocycles. The van der Waals surface area contributed by atoms with Gasteiger partial charge in [-0.1, -0.05) is 31.2 Å². The molecule has 2 aliphatic rings. The van der Waals surface area contributed by atoms with Crippen molar-refractivity contribution >= 4 is 21.5 Å². The number of rotatable bonds is 6. The van der Waals surface area contributed by atoms with E-state index in [4.69, 9.17) is 4.99 Å². The van der Waals surface area contributed by atoms with E-state index in [0.29, 0.717) is 38.8 Å². The fourth-order valence-electron chi connectivity index (χ4n) is 4.17. The Morgan fingerprint density at radius 1 is 1.22 bits per heavy atom. The fourth-order valence-corrected chi connectivity index (χ4v) is 5.72. The molecule has 5 nitrogen and oxygen atoms in total. The molecule has 1 saturated heterocycles. The maximum absolute atomic E-state index is 12.9. The molecule has 1 aromatic carbocycles. The summed E-state index contributed by atoms with van der Waals surface area (Å²) in [4.78, 5) is 17.8. The highest BCUT2D eigenvalue weighted by molar-refractivity contribution is 7.89. The minimum atomic E-state index is -3.17. The van der Waals surface area contributed by atoms with Gasteiger partial charge in [-0.25, -0.2) is 12.7 Å². The van der Waals surface area contributed by atoms with Gasteiger partial charge in [0.15, 0.2) is 0 Å². The number of nitrogens with zero attached hydrogens (tertiary/aromatic N) is 2. The zero-order valence-corrected chi connectivity index (χ0v) is 17.4. The first-order valence-corrected chi connectivity index (χ1v) is 11.5. The van der Waals surface area contributed by atoms with Crippen LogP contribution in [-0.4, -0.2) is 48.6 Å². The van der Waals surface area contributed by atoms with Crippen LogP contribution in [0, 0.1) is 5.92 Å². The largest absolute Gasteiger partial charge is 0.299 e. The predicted molar refractivity (Wildman–Crippen MR) is 109 cm³/mol. The molecule has 0 unspecified atom stereocenters. The number of benzene rings is 1. The topological polar surface area (TPSA) is 66.8 Å². The molecular weight excluding hydrogens is 360 g/mol. The molecular formula is C21H30N2O3S. The Hall–Kier alpha value is -1.53. The molecule has 2 heterocycles. The number of Topliss-reactive ketones (excluding diaryl/α,β-unsaturated/α-hetero) is 1. The van der Waals surface area contributed by atoms with Gasteiger partial charge in [0.05, 0.1) is 17.0 Å². The van der Waals surface area contributed by atoms with E-state index in [1.165, 1.54) is 5.56 Å². The minimum absolute atomic E-state index is 0.0713. The van der Waals surface area contributed by atoms with E-state index in [1.807, 2.05) is 19.1 Å². The van der Waals surface area contributed by atoms with Crippen molar-refractivity contribution in [3.63, 3.8) is 0 Å². The molecule has 1 fully saturated rings. The van der Waals surface area contributed by atoms with E-state index in [0.717, 1.165) is 17.7 Å². The number of hydrogen-bond donors (Lipinski definition) is 0. The lowest BCUT2D eigenvalue weighted by atomic mass is 9.83. The van der Waals surface area contributed by atoms with Crippen LogP contribution in [0.25, 0.3) is 0 Å². The molecule has 3 rings (SSSR count). The molecule has 2 aliphatic heterocycles. The first-order valence-electron chi connectivity index (χ1n) is 9.89. The number of hydrogen-bond acceptors (Lipinski definition) is 4. The predicted octanol–water partition coefficient (Wildman–Crippen LogP) is 3.22. The average molecular weight is 391 g/mol. The van der Waals surface area contributed by atoms with Crippen LogP contribution in [0.1, 0.15) is 57.6 Å². The third-order valence-electron chi connectivity index (χ3n) is 5.50. The fraction of sp³-hybridized carbons (Fsp3) is 0.619. The zero-order valence-electron chi connectivity index (χ0n) is 16.6. The van der Waals surface area contributed by atoms with E-state index in [9.17, 15) is 13.2 Å². The van der Waals surface area contributed by atoms with Crippen molar-refractivity contribution in [3.05, 3.63) is 35.4 Å². The maximum atomic E-state index is 12.9. The summed E-state index contributed by atoms with van der Waals surface area (Å²) in [5.41, 5.74) is 3.03. The first kappa shape index (κ1) is 20.2. The third-order valence-corrected chi connectivity index (χ3v) is 7.57. The van der Waals surface area contributed by atoms with Gasteiger partial charge >= 0.3 is 0 Å². The number of piperidine rings is 1. The molecule has 27 heavy (non-hydrogen) atoms. The lowest BCUT2D eigenvalue weighted by Gasteiger charge is -2.32. The third kappa shape index (κ3) is 4.66. The van der Waals surface area contributed by atoms with E-state index in [1.54, 1.807) is 4.31 Å². The molecule has 0 amide bonds. The van der Waals surface area contributed by atoms with Crippen LogP contribution >= 0.6 is 0 Å². The molecule has 0 atom stereocenters. The molecule has 6 heteroatoms. The lowest BCUT2D eigenvalue weighted by molar-refractivity contribution is -0.122. The molecule has 0 radical (unpaired) electrons. The van der Waals surface area contributed by atoms with Crippen molar-refractivity contribution in [3.8, 4) is 0 Å². The lowest BCUT2D eigenvalue weighted by Crippen LogP contribution is -2.41. The molecule has 0 N–H and O–H groups in total. The Labute approximate surface area is 162 Å². The van der Waals surface area contributed by atoms with Crippen LogP contribution in [0.15, 0.2) is 29.3 Å². The van der Waals surface area contributed by atoms with Crippen molar-refractivity contribution in [2.45, 2.75) is 58.4 Å². The Bertz CT molecular complexity index is 835. The summed E-state index contributed by atoms with van der Waals surface area (Å²) >= 11 is 0. The summed E-state index contributed by atoms with van der Waals surface area (Å²) in [5.74, 6) is 0.306. The number of carbonyl (C=O) groups is 1. The van der Waals surface area contributed by atoms with E-state index in [-0.39, 0.29) is 23.0 Å². The number of aliphatic imine (C=N–C) groups is 1. The maximum Gasteiger partial charge on any atom is 0.214 e. The highest BCUT2D eigenvalue weighted by atomic mass is 32.2. The Morgan fingerprint density at radius 3 is 2.56 bits per heavy atom. The number of sulfonamides is 1. The van der Waals surface area contributed by atoms with Crippen LogP contribution in [0.5, 0.6) is 0 Å². The Kier molecular flexibility index (Phi) is 5.87. The molecule has 0 bridgehead atoms. The van der Waals surface area contributed by atoms with Crippen LogP contribution in [0.4, 0.5) is 0 Å². The standard InChI is InChI=1S/C21H30N2O3S/c1-4-13-27(25,26)23-11-9-16(10-12-23)20(24)14-19-18-8-6-5-7-17(18)15-21(2,3)22-19/h5-8,16H,4,9-15H2,1-3H3.